The molecule has 1 saturated heterocycles. The highest BCUT2D eigenvalue weighted by Gasteiger charge is 2.14. The standard InChI is InChI=1S/C5H10IN/c6-2-1-3-7-4-5-7/h1-5H2. The van der Waals surface area contributed by atoms with Gasteiger partial charge in [0.05, 0.1) is 0 Å². The minimum atomic E-state index is 1.31. The second-order valence-corrected chi connectivity index (χ2v) is 2.96. The van der Waals surface area contributed by atoms with Gasteiger partial charge in [0.1, 0.15) is 0 Å². The predicted octanol–water partition coefficient (Wildman–Crippen LogP) is 1.13. The fourth-order valence-electron chi connectivity index (χ4n) is 0.578. The van der Waals surface area contributed by atoms with Gasteiger partial charge >= 0.3 is 0 Å². The summed E-state index contributed by atoms with van der Waals surface area (Å²) in [6, 6.07) is 0. The fourth-order valence-corrected chi connectivity index (χ4v) is 0.919. The Morgan fingerprint density at radius 2 is 2.14 bits per heavy atom. The lowest BCUT2D eigenvalue weighted by Crippen LogP contribution is -1.98. The van der Waals surface area contributed by atoms with Crippen LogP contribution >= 0.6 is 22.6 Å². The zero-order chi connectivity index (χ0) is 5.11. The number of nitrogens with zero attached hydrogens (tertiary/aromatic N) is 1. The minimum Gasteiger partial charge on any atom is -0.301 e. The van der Waals surface area contributed by atoms with Crippen molar-refractivity contribution in [3.8, 4) is 0 Å². The van der Waals surface area contributed by atoms with Crippen molar-refractivity contribution >= 4 is 22.6 Å². The molecule has 42 valence electrons. The Labute approximate surface area is 58.2 Å². The quantitative estimate of drug-likeness (QED) is 0.384. The van der Waals surface area contributed by atoms with Crippen molar-refractivity contribution in [2.75, 3.05) is 24.1 Å². The van der Waals surface area contributed by atoms with E-state index in [0.29, 0.717) is 0 Å². The number of rotatable bonds is 3. The molecule has 0 bridgehead atoms. The SMILES string of the molecule is ICCCN1CC1. The maximum Gasteiger partial charge on any atom is 0.0110 e. The van der Waals surface area contributed by atoms with E-state index in [1.54, 1.807) is 0 Å². The average Bonchev–Trinajstić information content (AvgIpc) is 2.42. The van der Waals surface area contributed by atoms with Crippen LogP contribution in [0.25, 0.3) is 0 Å². The molecule has 0 N–H and O–H groups in total. The maximum absolute atomic E-state index is 2.46. The van der Waals surface area contributed by atoms with Gasteiger partial charge in [-0.1, -0.05) is 22.6 Å². The molecule has 0 saturated carbocycles. The number of halogens is 1. The molecule has 0 aromatic heterocycles. The van der Waals surface area contributed by atoms with Crippen LogP contribution in [0.15, 0.2) is 0 Å². The summed E-state index contributed by atoms with van der Waals surface area (Å²) in [4.78, 5) is 2.46. The van der Waals surface area contributed by atoms with E-state index >= 15 is 0 Å². The Hall–Kier alpha value is 0.690. The second kappa shape index (κ2) is 2.87. The summed E-state index contributed by atoms with van der Waals surface area (Å²) in [7, 11) is 0. The molecule has 1 heterocycles. The maximum atomic E-state index is 2.46. The smallest absolute Gasteiger partial charge is 0.0110 e. The minimum absolute atomic E-state index is 1.31. The Kier molecular flexibility index (Phi) is 2.38. The van der Waals surface area contributed by atoms with E-state index in [1.807, 2.05) is 0 Å². The molecule has 0 amide bonds. The first-order valence-electron chi connectivity index (χ1n) is 2.72. The van der Waals surface area contributed by atoms with Gasteiger partial charge in [0.15, 0.2) is 0 Å². The van der Waals surface area contributed by atoms with Gasteiger partial charge in [-0.05, 0) is 13.0 Å². The molecule has 7 heavy (non-hydrogen) atoms. The molecule has 0 aromatic carbocycles. The molecule has 0 unspecified atom stereocenters. The second-order valence-electron chi connectivity index (χ2n) is 1.88. The summed E-state index contributed by atoms with van der Waals surface area (Å²) in [6.45, 7) is 4.05. The molecule has 0 spiro atoms. The highest BCUT2D eigenvalue weighted by atomic mass is 127. The molecule has 1 aliphatic heterocycles. The van der Waals surface area contributed by atoms with Crippen molar-refractivity contribution in [3.63, 3.8) is 0 Å². The highest BCUT2D eigenvalue weighted by molar-refractivity contribution is 14.1. The molecule has 0 aliphatic carbocycles. The van der Waals surface area contributed by atoms with E-state index in [1.165, 1.54) is 30.5 Å². The molecule has 0 radical (unpaired) electrons. The lowest BCUT2D eigenvalue weighted by Gasteiger charge is -1.92. The van der Waals surface area contributed by atoms with Crippen molar-refractivity contribution in [1.29, 1.82) is 0 Å². The van der Waals surface area contributed by atoms with Gasteiger partial charge in [-0.15, -0.1) is 0 Å². The van der Waals surface area contributed by atoms with Crippen LogP contribution in [-0.2, 0) is 0 Å². The highest BCUT2D eigenvalue weighted by Crippen LogP contribution is 2.03. The number of alkyl halides is 1. The largest absolute Gasteiger partial charge is 0.301 e. The number of hydrogen-bond acceptors (Lipinski definition) is 1. The summed E-state index contributed by atoms with van der Waals surface area (Å²) in [6.07, 6.45) is 1.38. The predicted molar refractivity (Wildman–Crippen MR) is 39.9 cm³/mol. The van der Waals surface area contributed by atoms with Gasteiger partial charge in [0.2, 0.25) is 0 Å². The van der Waals surface area contributed by atoms with Crippen molar-refractivity contribution in [2.24, 2.45) is 0 Å². The van der Waals surface area contributed by atoms with Crippen molar-refractivity contribution in [2.45, 2.75) is 6.42 Å². The third kappa shape index (κ3) is 2.49. The van der Waals surface area contributed by atoms with Crippen LogP contribution in [0.3, 0.4) is 0 Å². The molecule has 1 rings (SSSR count). The van der Waals surface area contributed by atoms with Crippen LogP contribution in [0.5, 0.6) is 0 Å². The molecule has 0 aromatic rings. The van der Waals surface area contributed by atoms with E-state index in [9.17, 15) is 0 Å². The van der Waals surface area contributed by atoms with Crippen LogP contribution < -0.4 is 0 Å². The average molecular weight is 211 g/mol. The first-order valence-corrected chi connectivity index (χ1v) is 4.24. The van der Waals surface area contributed by atoms with Gasteiger partial charge in [0, 0.05) is 17.5 Å². The van der Waals surface area contributed by atoms with Gasteiger partial charge in [-0.25, -0.2) is 0 Å². The van der Waals surface area contributed by atoms with Crippen LogP contribution in [0.4, 0.5) is 0 Å². The first-order chi connectivity index (χ1) is 3.43. The molecule has 1 aliphatic rings. The lowest BCUT2D eigenvalue weighted by molar-refractivity contribution is 0.556. The summed E-state index contributed by atoms with van der Waals surface area (Å²) in [5.41, 5.74) is 0. The molecular formula is C5H10IN. The van der Waals surface area contributed by atoms with Gasteiger partial charge < -0.3 is 4.90 Å². The van der Waals surface area contributed by atoms with E-state index in [0.717, 1.165) is 0 Å². The Morgan fingerprint density at radius 1 is 1.43 bits per heavy atom. The zero-order valence-corrected chi connectivity index (χ0v) is 6.52. The van der Waals surface area contributed by atoms with E-state index in [4.69, 9.17) is 0 Å². The van der Waals surface area contributed by atoms with Crippen LogP contribution in [0, 0.1) is 0 Å². The van der Waals surface area contributed by atoms with Crippen molar-refractivity contribution in [1.82, 2.24) is 4.90 Å². The third-order valence-electron chi connectivity index (χ3n) is 1.15. The molecule has 0 atom stereocenters. The van der Waals surface area contributed by atoms with E-state index in [2.05, 4.69) is 27.5 Å². The van der Waals surface area contributed by atoms with Crippen molar-refractivity contribution < 1.29 is 0 Å². The molecule has 1 fully saturated rings. The molecule has 2 heteroatoms. The van der Waals surface area contributed by atoms with Gasteiger partial charge in [0.25, 0.3) is 0 Å². The topological polar surface area (TPSA) is 3.01 Å². The molecular weight excluding hydrogens is 201 g/mol. The van der Waals surface area contributed by atoms with Gasteiger partial charge in [-0.3, -0.25) is 0 Å². The van der Waals surface area contributed by atoms with E-state index < -0.39 is 0 Å². The normalized spacial score (nSPS) is 20.1. The third-order valence-corrected chi connectivity index (χ3v) is 1.91. The summed E-state index contributed by atoms with van der Waals surface area (Å²) in [5.74, 6) is 0. The summed E-state index contributed by atoms with van der Waals surface area (Å²) < 4.78 is 1.31. The van der Waals surface area contributed by atoms with Crippen LogP contribution in [0.2, 0.25) is 0 Å². The molecule has 1 nitrogen and oxygen atoms in total. The Balaban J connectivity index is 1.80. The van der Waals surface area contributed by atoms with E-state index in [-0.39, 0.29) is 0 Å². The number of hydrogen-bond donors (Lipinski definition) is 0. The monoisotopic (exact) mass is 211 g/mol. The van der Waals surface area contributed by atoms with Crippen LogP contribution in [-0.4, -0.2) is 29.0 Å². The summed E-state index contributed by atoms with van der Waals surface area (Å²) >= 11 is 2.42. The Bertz CT molecular complexity index is 52.0. The Morgan fingerprint density at radius 3 is 2.57 bits per heavy atom. The van der Waals surface area contributed by atoms with Gasteiger partial charge in [-0.2, -0.15) is 0 Å². The van der Waals surface area contributed by atoms with Crippen LogP contribution in [0.1, 0.15) is 6.42 Å². The lowest BCUT2D eigenvalue weighted by atomic mass is 10.5. The first kappa shape index (κ1) is 5.82. The fraction of sp³-hybridized carbons (Fsp3) is 1.00. The van der Waals surface area contributed by atoms with Crippen molar-refractivity contribution in [3.05, 3.63) is 0 Å². The summed E-state index contributed by atoms with van der Waals surface area (Å²) in [5, 5.41) is 0. The zero-order valence-electron chi connectivity index (χ0n) is 4.36.